The molecule has 2 atom stereocenters. The number of hydrogen-bond donors (Lipinski definition) is 1. The van der Waals surface area contributed by atoms with Crippen LogP contribution in [0.2, 0.25) is 5.02 Å². The molecule has 2 aromatic rings. The Balaban J connectivity index is 2.20. The van der Waals surface area contributed by atoms with Gasteiger partial charge in [-0.3, -0.25) is 0 Å². The van der Waals surface area contributed by atoms with Crippen LogP contribution in [0.1, 0.15) is 24.2 Å². The second-order valence-corrected chi connectivity index (χ2v) is 5.50. The van der Waals surface area contributed by atoms with Crippen molar-refractivity contribution in [3.8, 4) is 0 Å². The second-order valence-electron chi connectivity index (χ2n) is 5.07. The van der Waals surface area contributed by atoms with Gasteiger partial charge in [-0.25, -0.2) is 0 Å². The summed E-state index contributed by atoms with van der Waals surface area (Å²) in [5.41, 5.74) is 2.40. The Hall–Kier alpha value is -1.35. The molecule has 112 valence electrons. The SMILES string of the molecule is CCNC(Cc1cccc(Cl)c1)C(OC)c1ccccc1. The van der Waals surface area contributed by atoms with E-state index in [1.807, 2.05) is 36.4 Å². The minimum absolute atomic E-state index is 0.0186. The van der Waals surface area contributed by atoms with Gasteiger partial charge in [0.15, 0.2) is 0 Å². The van der Waals surface area contributed by atoms with E-state index in [2.05, 4.69) is 30.4 Å². The Bertz CT molecular complexity index is 544. The molecule has 0 radical (unpaired) electrons. The zero-order valence-electron chi connectivity index (χ0n) is 12.6. The quantitative estimate of drug-likeness (QED) is 0.825. The maximum atomic E-state index is 6.08. The third kappa shape index (κ3) is 4.57. The smallest absolute Gasteiger partial charge is 0.0977 e. The van der Waals surface area contributed by atoms with Crippen molar-refractivity contribution in [3.63, 3.8) is 0 Å². The van der Waals surface area contributed by atoms with Crippen molar-refractivity contribution in [2.24, 2.45) is 0 Å². The van der Waals surface area contributed by atoms with Crippen LogP contribution in [-0.2, 0) is 11.2 Å². The number of rotatable bonds is 7. The minimum Gasteiger partial charge on any atom is -0.375 e. The first-order chi connectivity index (χ1) is 10.2. The van der Waals surface area contributed by atoms with Crippen molar-refractivity contribution >= 4 is 11.6 Å². The molecule has 0 amide bonds. The number of nitrogens with one attached hydrogen (secondary N) is 1. The van der Waals surface area contributed by atoms with Crippen LogP contribution in [0.4, 0.5) is 0 Å². The predicted molar refractivity (Wildman–Crippen MR) is 88.8 cm³/mol. The van der Waals surface area contributed by atoms with E-state index in [-0.39, 0.29) is 12.1 Å². The largest absolute Gasteiger partial charge is 0.375 e. The first kappa shape index (κ1) is 16.0. The third-order valence-corrected chi connectivity index (χ3v) is 3.79. The lowest BCUT2D eigenvalue weighted by molar-refractivity contribution is 0.0684. The summed E-state index contributed by atoms with van der Waals surface area (Å²) in [5.74, 6) is 0. The van der Waals surface area contributed by atoms with Gasteiger partial charge in [0.05, 0.1) is 6.10 Å². The fourth-order valence-electron chi connectivity index (χ4n) is 2.64. The summed E-state index contributed by atoms with van der Waals surface area (Å²) in [5, 5.41) is 4.31. The zero-order valence-corrected chi connectivity index (χ0v) is 13.3. The van der Waals surface area contributed by atoms with Crippen LogP contribution in [0.25, 0.3) is 0 Å². The number of benzene rings is 2. The average molecular weight is 304 g/mol. The van der Waals surface area contributed by atoms with E-state index in [0.717, 1.165) is 18.0 Å². The van der Waals surface area contributed by atoms with E-state index < -0.39 is 0 Å². The molecule has 0 aromatic heterocycles. The van der Waals surface area contributed by atoms with E-state index in [9.17, 15) is 0 Å². The standard InChI is InChI=1S/C18H22ClNO/c1-3-20-17(13-14-8-7-11-16(19)12-14)18(21-2)15-9-5-4-6-10-15/h4-12,17-18,20H,3,13H2,1-2H3. The highest BCUT2D eigenvalue weighted by atomic mass is 35.5. The number of hydrogen-bond acceptors (Lipinski definition) is 2. The molecule has 0 aliphatic carbocycles. The molecule has 0 saturated carbocycles. The van der Waals surface area contributed by atoms with Gasteiger partial charge in [0, 0.05) is 18.2 Å². The van der Waals surface area contributed by atoms with Gasteiger partial charge in [0.25, 0.3) is 0 Å². The topological polar surface area (TPSA) is 21.3 Å². The lowest BCUT2D eigenvalue weighted by Gasteiger charge is -2.27. The third-order valence-electron chi connectivity index (χ3n) is 3.56. The fourth-order valence-corrected chi connectivity index (χ4v) is 2.85. The molecule has 3 heteroatoms. The lowest BCUT2D eigenvalue weighted by Crippen LogP contribution is -2.37. The molecule has 0 spiro atoms. The van der Waals surface area contributed by atoms with Crippen LogP contribution < -0.4 is 5.32 Å². The second kappa shape index (κ2) is 8.18. The first-order valence-electron chi connectivity index (χ1n) is 7.30. The molecule has 2 rings (SSSR count). The van der Waals surface area contributed by atoms with E-state index in [4.69, 9.17) is 16.3 Å². The number of methoxy groups -OCH3 is 1. The van der Waals surface area contributed by atoms with Gasteiger partial charge in [-0.05, 0) is 36.2 Å². The number of halogens is 1. The monoisotopic (exact) mass is 303 g/mol. The van der Waals surface area contributed by atoms with Crippen LogP contribution in [0, 0.1) is 0 Å². The molecule has 2 aromatic carbocycles. The number of likely N-dealkylation sites (N-methyl/N-ethyl adjacent to an activating group) is 1. The summed E-state index contributed by atoms with van der Waals surface area (Å²) >= 11 is 6.08. The molecule has 0 heterocycles. The minimum atomic E-state index is 0.0186. The summed E-state index contributed by atoms with van der Waals surface area (Å²) in [6.45, 7) is 3.01. The predicted octanol–water partition coefficient (Wildman–Crippen LogP) is 4.25. The summed E-state index contributed by atoms with van der Waals surface area (Å²) in [4.78, 5) is 0. The van der Waals surface area contributed by atoms with Crippen molar-refractivity contribution in [2.75, 3.05) is 13.7 Å². The average Bonchev–Trinajstić information content (AvgIpc) is 2.49. The maximum absolute atomic E-state index is 6.08. The Labute approximate surface area is 132 Å². The van der Waals surface area contributed by atoms with Crippen LogP contribution in [-0.4, -0.2) is 19.7 Å². The fraction of sp³-hybridized carbons (Fsp3) is 0.333. The summed E-state index contributed by atoms with van der Waals surface area (Å²) in [7, 11) is 1.76. The Morgan fingerprint density at radius 2 is 1.86 bits per heavy atom. The van der Waals surface area contributed by atoms with Gasteiger partial charge in [0.1, 0.15) is 0 Å². The molecular weight excluding hydrogens is 282 g/mol. The van der Waals surface area contributed by atoms with Gasteiger partial charge >= 0.3 is 0 Å². The van der Waals surface area contributed by atoms with E-state index in [1.165, 1.54) is 11.1 Å². The van der Waals surface area contributed by atoms with Gasteiger partial charge in [-0.1, -0.05) is 61.0 Å². The molecule has 0 fully saturated rings. The van der Waals surface area contributed by atoms with Crippen molar-refractivity contribution < 1.29 is 4.74 Å². The molecule has 2 nitrogen and oxygen atoms in total. The van der Waals surface area contributed by atoms with Crippen molar-refractivity contribution in [1.29, 1.82) is 0 Å². The molecule has 0 bridgehead atoms. The van der Waals surface area contributed by atoms with Gasteiger partial charge in [-0.15, -0.1) is 0 Å². The van der Waals surface area contributed by atoms with Crippen LogP contribution >= 0.6 is 11.6 Å². The molecule has 0 aliphatic heterocycles. The zero-order chi connectivity index (χ0) is 15.1. The number of ether oxygens (including phenoxy) is 1. The van der Waals surface area contributed by atoms with E-state index in [0.29, 0.717) is 0 Å². The summed E-state index contributed by atoms with van der Waals surface area (Å²) in [6, 6.07) is 18.6. The molecule has 0 aliphatic rings. The normalized spacial score (nSPS) is 13.9. The molecule has 21 heavy (non-hydrogen) atoms. The van der Waals surface area contributed by atoms with Crippen molar-refractivity contribution in [2.45, 2.75) is 25.5 Å². The van der Waals surface area contributed by atoms with Crippen LogP contribution in [0.15, 0.2) is 54.6 Å². The van der Waals surface area contributed by atoms with Crippen LogP contribution in [0.3, 0.4) is 0 Å². The maximum Gasteiger partial charge on any atom is 0.0977 e. The highest BCUT2D eigenvalue weighted by Gasteiger charge is 2.22. The van der Waals surface area contributed by atoms with Gasteiger partial charge in [0.2, 0.25) is 0 Å². The molecule has 2 unspecified atom stereocenters. The summed E-state index contributed by atoms with van der Waals surface area (Å²) in [6.07, 6.45) is 0.895. The van der Waals surface area contributed by atoms with Gasteiger partial charge < -0.3 is 10.1 Å². The van der Waals surface area contributed by atoms with E-state index >= 15 is 0 Å². The van der Waals surface area contributed by atoms with Crippen molar-refractivity contribution in [3.05, 3.63) is 70.7 Å². The Kier molecular flexibility index (Phi) is 6.24. The highest BCUT2D eigenvalue weighted by molar-refractivity contribution is 6.30. The lowest BCUT2D eigenvalue weighted by atomic mass is 9.96. The molecular formula is C18H22ClNO. The van der Waals surface area contributed by atoms with Crippen LogP contribution in [0.5, 0.6) is 0 Å². The molecule has 0 saturated heterocycles. The van der Waals surface area contributed by atoms with Crippen molar-refractivity contribution in [1.82, 2.24) is 5.32 Å². The molecule has 1 N–H and O–H groups in total. The van der Waals surface area contributed by atoms with E-state index in [1.54, 1.807) is 7.11 Å². The Morgan fingerprint density at radius 1 is 1.10 bits per heavy atom. The first-order valence-corrected chi connectivity index (χ1v) is 7.68. The van der Waals surface area contributed by atoms with Gasteiger partial charge in [-0.2, -0.15) is 0 Å². The summed E-state index contributed by atoms with van der Waals surface area (Å²) < 4.78 is 5.76. The Morgan fingerprint density at radius 3 is 2.48 bits per heavy atom. The highest BCUT2D eigenvalue weighted by Crippen LogP contribution is 2.24.